The summed E-state index contributed by atoms with van der Waals surface area (Å²) < 4.78 is 41.7. The summed E-state index contributed by atoms with van der Waals surface area (Å²) in [5.41, 5.74) is 0.386. The first-order valence-electron chi connectivity index (χ1n) is 12.8. The number of hydrogen-bond donors (Lipinski definition) is 1. The van der Waals surface area contributed by atoms with Crippen molar-refractivity contribution >= 4 is 40.8 Å². The van der Waals surface area contributed by atoms with Crippen LogP contribution >= 0.6 is 11.6 Å². The summed E-state index contributed by atoms with van der Waals surface area (Å²) in [6, 6.07) is 12.5. The molecule has 2 heterocycles. The molecule has 1 saturated carbocycles. The second kappa shape index (κ2) is 11.2. The van der Waals surface area contributed by atoms with Crippen LogP contribution in [0, 0.1) is 17.1 Å². The van der Waals surface area contributed by atoms with E-state index in [2.05, 4.69) is 10.3 Å². The highest BCUT2D eigenvalue weighted by Gasteiger charge is 2.48. The number of hydrogen-bond acceptors (Lipinski definition) is 5. The lowest BCUT2D eigenvalue weighted by molar-refractivity contribution is -0.133. The van der Waals surface area contributed by atoms with Crippen LogP contribution in [0.3, 0.4) is 0 Å². The molecular formula is C29H23ClF3N5O3. The standard InChI is InChI=1S/C29H23ClF3N5O3/c30-22-7-2-1-6-21(22)26(27(40)36-19-14-29(32,33)15-19)37(20-5-3-4-18(31)13-20)28(41)23-8-9-25(39)38(23)24-12-17(16-34)10-11-35-24/h1-7,10-13,19,23,26H,8-9,14-15H2,(H,36,40). The highest BCUT2D eigenvalue weighted by atomic mass is 35.5. The third kappa shape index (κ3) is 5.74. The number of anilines is 2. The average molecular weight is 582 g/mol. The lowest BCUT2D eigenvalue weighted by atomic mass is 9.87. The van der Waals surface area contributed by atoms with Gasteiger partial charge in [0.15, 0.2) is 0 Å². The third-order valence-corrected chi connectivity index (χ3v) is 7.43. The first-order valence-corrected chi connectivity index (χ1v) is 13.2. The van der Waals surface area contributed by atoms with E-state index in [-0.39, 0.29) is 40.5 Å². The summed E-state index contributed by atoms with van der Waals surface area (Å²) >= 11 is 6.48. The highest BCUT2D eigenvalue weighted by molar-refractivity contribution is 6.31. The highest BCUT2D eigenvalue weighted by Crippen LogP contribution is 2.39. The van der Waals surface area contributed by atoms with E-state index in [1.807, 2.05) is 6.07 Å². The third-order valence-electron chi connectivity index (χ3n) is 7.09. The Morgan fingerprint density at radius 1 is 1.15 bits per heavy atom. The zero-order valence-corrected chi connectivity index (χ0v) is 22.2. The Morgan fingerprint density at radius 3 is 2.59 bits per heavy atom. The minimum atomic E-state index is -2.91. The van der Waals surface area contributed by atoms with E-state index in [1.54, 1.807) is 12.1 Å². The lowest BCUT2D eigenvalue weighted by Crippen LogP contribution is -2.56. The second-order valence-electron chi connectivity index (χ2n) is 9.91. The molecule has 1 N–H and O–H groups in total. The van der Waals surface area contributed by atoms with Crippen molar-refractivity contribution in [2.45, 2.75) is 49.7 Å². The van der Waals surface area contributed by atoms with Crippen molar-refractivity contribution in [2.75, 3.05) is 9.80 Å². The largest absolute Gasteiger partial charge is 0.351 e. The van der Waals surface area contributed by atoms with E-state index >= 15 is 0 Å². The van der Waals surface area contributed by atoms with Crippen LogP contribution < -0.4 is 15.1 Å². The molecule has 2 atom stereocenters. The number of pyridine rings is 1. The van der Waals surface area contributed by atoms with Crippen LogP contribution in [0.25, 0.3) is 0 Å². The number of nitrogens with zero attached hydrogens (tertiary/aromatic N) is 4. The molecule has 1 saturated heterocycles. The van der Waals surface area contributed by atoms with Crippen molar-refractivity contribution in [3.05, 3.63) is 88.8 Å². The number of rotatable bonds is 7. The number of alkyl halides is 2. The average Bonchev–Trinajstić information content (AvgIpc) is 3.32. The van der Waals surface area contributed by atoms with E-state index in [0.717, 1.165) is 21.9 Å². The van der Waals surface area contributed by atoms with E-state index in [9.17, 15) is 32.8 Å². The first-order chi connectivity index (χ1) is 19.6. The molecule has 0 spiro atoms. The zero-order valence-electron chi connectivity index (χ0n) is 21.4. The van der Waals surface area contributed by atoms with Crippen LogP contribution in [0.15, 0.2) is 66.9 Å². The van der Waals surface area contributed by atoms with E-state index in [4.69, 9.17) is 11.6 Å². The van der Waals surface area contributed by atoms with Gasteiger partial charge in [-0.2, -0.15) is 5.26 Å². The van der Waals surface area contributed by atoms with Crippen molar-refractivity contribution in [3.8, 4) is 6.07 Å². The van der Waals surface area contributed by atoms with Crippen LogP contribution in [-0.2, 0) is 14.4 Å². The topological polar surface area (TPSA) is 106 Å². The molecule has 3 amide bonds. The smallest absolute Gasteiger partial charge is 0.252 e. The minimum Gasteiger partial charge on any atom is -0.351 e. The molecular weight excluding hydrogens is 559 g/mol. The van der Waals surface area contributed by atoms with Gasteiger partial charge in [-0.3, -0.25) is 24.2 Å². The van der Waals surface area contributed by atoms with Crippen molar-refractivity contribution in [1.29, 1.82) is 5.26 Å². The van der Waals surface area contributed by atoms with Gasteiger partial charge in [0, 0.05) is 47.8 Å². The van der Waals surface area contributed by atoms with Gasteiger partial charge in [-0.1, -0.05) is 35.9 Å². The summed E-state index contributed by atoms with van der Waals surface area (Å²) in [4.78, 5) is 47.6. The summed E-state index contributed by atoms with van der Waals surface area (Å²) in [6.07, 6.45) is 0.237. The predicted octanol–water partition coefficient (Wildman–Crippen LogP) is 4.93. The number of benzene rings is 2. The van der Waals surface area contributed by atoms with E-state index < -0.39 is 60.4 Å². The van der Waals surface area contributed by atoms with Gasteiger partial charge in [0.1, 0.15) is 23.7 Å². The number of nitrogens with one attached hydrogen (secondary N) is 1. The molecule has 1 aliphatic heterocycles. The molecule has 0 radical (unpaired) electrons. The number of amides is 3. The van der Waals surface area contributed by atoms with Gasteiger partial charge < -0.3 is 5.32 Å². The molecule has 2 aromatic carbocycles. The number of nitriles is 1. The Balaban J connectivity index is 1.61. The summed E-state index contributed by atoms with van der Waals surface area (Å²) in [5.74, 6) is -5.51. The molecule has 12 heteroatoms. The minimum absolute atomic E-state index is 0.00737. The Hall–Kier alpha value is -4.43. The fourth-order valence-electron chi connectivity index (χ4n) is 5.15. The fourth-order valence-corrected chi connectivity index (χ4v) is 5.39. The van der Waals surface area contributed by atoms with Gasteiger partial charge in [-0.05, 0) is 42.8 Å². The molecule has 1 aromatic heterocycles. The van der Waals surface area contributed by atoms with Crippen molar-refractivity contribution < 1.29 is 27.6 Å². The summed E-state index contributed by atoms with van der Waals surface area (Å²) in [7, 11) is 0. The predicted molar refractivity (Wildman–Crippen MR) is 144 cm³/mol. The molecule has 2 unspecified atom stereocenters. The van der Waals surface area contributed by atoms with Gasteiger partial charge in [-0.25, -0.2) is 18.2 Å². The molecule has 41 heavy (non-hydrogen) atoms. The molecule has 5 rings (SSSR count). The maximum Gasteiger partial charge on any atom is 0.252 e. The molecule has 1 aliphatic carbocycles. The van der Waals surface area contributed by atoms with Crippen LogP contribution in [-0.4, -0.2) is 40.7 Å². The molecule has 0 bridgehead atoms. The van der Waals surface area contributed by atoms with E-state index in [0.29, 0.717) is 0 Å². The Kier molecular flexibility index (Phi) is 7.69. The van der Waals surface area contributed by atoms with Gasteiger partial charge in [-0.15, -0.1) is 0 Å². The summed E-state index contributed by atoms with van der Waals surface area (Å²) in [5, 5.41) is 12.0. The normalized spacial score (nSPS) is 18.8. The van der Waals surface area contributed by atoms with Gasteiger partial charge >= 0.3 is 0 Å². The second-order valence-corrected chi connectivity index (χ2v) is 10.3. The number of carbonyl (C=O) groups excluding carboxylic acids is 3. The van der Waals surface area contributed by atoms with Crippen LogP contribution in [0.4, 0.5) is 24.7 Å². The first kappa shape index (κ1) is 28.1. The van der Waals surface area contributed by atoms with Crippen LogP contribution in [0.2, 0.25) is 5.02 Å². The zero-order chi connectivity index (χ0) is 29.3. The van der Waals surface area contributed by atoms with Crippen molar-refractivity contribution in [3.63, 3.8) is 0 Å². The lowest BCUT2D eigenvalue weighted by Gasteiger charge is -2.39. The van der Waals surface area contributed by atoms with E-state index in [1.165, 1.54) is 42.6 Å². The fraction of sp³-hybridized carbons (Fsp3) is 0.276. The molecule has 2 fully saturated rings. The quantitative estimate of drug-likeness (QED) is 0.426. The Bertz CT molecular complexity index is 1550. The van der Waals surface area contributed by atoms with Gasteiger partial charge in [0.2, 0.25) is 11.8 Å². The van der Waals surface area contributed by atoms with Gasteiger partial charge in [0.05, 0.1) is 11.6 Å². The number of aromatic nitrogens is 1. The molecule has 2 aliphatic rings. The van der Waals surface area contributed by atoms with Gasteiger partial charge in [0.25, 0.3) is 11.8 Å². The monoisotopic (exact) mass is 581 g/mol. The molecule has 8 nitrogen and oxygen atoms in total. The van der Waals surface area contributed by atoms with Crippen LogP contribution in [0.1, 0.15) is 42.9 Å². The Labute approximate surface area is 238 Å². The Morgan fingerprint density at radius 2 is 1.90 bits per heavy atom. The molecule has 210 valence electrons. The van der Waals surface area contributed by atoms with Crippen LogP contribution in [0.5, 0.6) is 0 Å². The molecule has 3 aromatic rings. The number of carbonyl (C=O) groups is 3. The number of halogens is 4. The maximum atomic E-state index is 14.5. The van der Waals surface area contributed by atoms with Crippen molar-refractivity contribution in [2.24, 2.45) is 0 Å². The maximum absolute atomic E-state index is 14.5. The SMILES string of the molecule is N#Cc1ccnc(N2C(=O)CCC2C(=O)N(c2cccc(F)c2)C(C(=O)NC2CC(F)(F)C2)c2ccccc2Cl)c1. The summed E-state index contributed by atoms with van der Waals surface area (Å²) in [6.45, 7) is 0. The van der Waals surface area contributed by atoms with Crippen molar-refractivity contribution in [1.82, 2.24) is 10.3 Å².